The standard InChI is InChI=1S/C26H25F6N3O4S2/c1-39-23-8-4-5-18(33-23)15-20-16-34(41(37,38)22-7-3-2-6-21(22)40)13-14-35(20)19-11-9-17(10-12-19)24(36,25(27,28)29)26(30,31)32/h2-5,7-12,20,36H,6,13-16H2,1H3. The highest BCUT2D eigenvalue weighted by atomic mass is 32.2. The Hall–Kier alpha value is -3.01. The number of nitrogens with zero attached hydrogens (tertiary/aromatic N) is 3. The van der Waals surface area contributed by atoms with Crippen molar-refractivity contribution in [2.75, 3.05) is 31.6 Å². The van der Waals surface area contributed by atoms with Crippen LogP contribution in [-0.4, -0.2) is 72.8 Å². The number of allylic oxidation sites excluding steroid dienone is 4. The molecule has 1 aliphatic heterocycles. The lowest BCUT2D eigenvalue weighted by Crippen LogP contribution is -2.56. The minimum absolute atomic E-state index is 0.00430. The molecule has 15 heteroatoms. The quantitative estimate of drug-likeness (QED) is 0.355. The third-order valence-corrected chi connectivity index (χ3v) is 9.36. The molecule has 1 unspecified atom stereocenters. The van der Waals surface area contributed by atoms with Crippen molar-refractivity contribution in [1.29, 1.82) is 0 Å². The summed E-state index contributed by atoms with van der Waals surface area (Å²) in [6, 6.07) is 7.58. The minimum Gasteiger partial charge on any atom is -0.481 e. The van der Waals surface area contributed by atoms with Gasteiger partial charge < -0.3 is 14.7 Å². The van der Waals surface area contributed by atoms with Crippen molar-refractivity contribution in [3.8, 4) is 5.88 Å². The molecule has 41 heavy (non-hydrogen) atoms. The molecule has 1 fully saturated rings. The van der Waals surface area contributed by atoms with Crippen LogP contribution in [0.3, 0.4) is 0 Å². The molecule has 222 valence electrons. The average molecular weight is 622 g/mol. The highest BCUT2D eigenvalue weighted by molar-refractivity contribution is 7.96. The van der Waals surface area contributed by atoms with E-state index in [9.17, 15) is 39.9 Å². The number of halogens is 6. The number of sulfonamides is 1. The first-order valence-electron chi connectivity index (χ1n) is 12.2. The van der Waals surface area contributed by atoms with E-state index >= 15 is 0 Å². The van der Waals surface area contributed by atoms with Gasteiger partial charge in [-0.1, -0.05) is 42.6 Å². The van der Waals surface area contributed by atoms with Crippen LogP contribution in [0.2, 0.25) is 0 Å². The predicted molar refractivity (Wildman–Crippen MR) is 143 cm³/mol. The molecule has 1 saturated heterocycles. The summed E-state index contributed by atoms with van der Waals surface area (Å²) in [7, 11) is -2.57. The molecule has 2 heterocycles. The SMILES string of the molecule is COc1cccc(CC2CN(S(=O)(=O)C3=CC=CCC3=S)CCN2c2ccc(C(O)(C(F)(F)F)C(F)(F)F)cc2)n1. The monoisotopic (exact) mass is 621 g/mol. The zero-order valence-corrected chi connectivity index (χ0v) is 23.1. The van der Waals surface area contributed by atoms with Crippen LogP contribution in [0.15, 0.2) is 65.6 Å². The highest BCUT2D eigenvalue weighted by Gasteiger charge is 2.71. The van der Waals surface area contributed by atoms with Crippen LogP contribution in [0.1, 0.15) is 17.7 Å². The molecular formula is C26H25F6N3O4S2. The molecule has 7 nitrogen and oxygen atoms in total. The normalized spacial score (nSPS) is 19.3. The van der Waals surface area contributed by atoms with Crippen molar-refractivity contribution in [1.82, 2.24) is 9.29 Å². The summed E-state index contributed by atoms with van der Waals surface area (Å²) in [5, 5.41) is 9.74. The van der Waals surface area contributed by atoms with Crippen molar-refractivity contribution in [2.24, 2.45) is 0 Å². The van der Waals surface area contributed by atoms with Gasteiger partial charge in [-0.05, 0) is 24.3 Å². The topological polar surface area (TPSA) is 83.0 Å². The number of hydrogen-bond acceptors (Lipinski definition) is 7. The number of aromatic nitrogens is 1. The van der Waals surface area contributed by atoms with Crippen LogP contribution in [0.25, 0.3) is 0 Å². The number of pyridine rings is 1. The summed E-state index contributed by atoms with van der Waals surface area (Å²) in [6.07, 6.45) is -6.81. The largest absolute Gasteiger partial charge is 0.481 e. The second-order valence-electron chi connectivity index (χ2n) is 9.42. The second-order valence-corrected chi connectivity index (χ2v) is 11.8. The van der Waals surface area contributed by atoms with Gasteiger partial charge in [0.15, 0.2) is 0 Å². The lowest BCUT2D eigenvalue weighted by atomic mass is 9.92. The number of hydrogen-bond donors (Lipinski definition) is 1. The zero-order chi connectivity index (χ0) is 30.2. The smallest absolute Gasteiger partial charge is 0.430 e. The second kappa shape index (κ2) is 11.3. The molecule has 2 aliphatic rings. The average Bonchev–Trinajstić information content (AvgIpc) is 2.91. The Kier molecular flexibility index (Phi) is 8.56. The minimum atomic E-state index is -6.02. The van der Waals surface area contributed by atoms with E-state index in [2.05, 4.69) is 4.98 Å². The van der Waals surface area contributed by atoms with E-state index in [0.29, 0.717) is 30.1 Å². The zero-order valence-electron chi connectivity index (χ0n) is 21.5. The van der Waals surface area contributed by atoms with Gasteiger partial charge >= 0.3 is 12.4 Å². The van der Waals surface area contributed by atoms with E-state index in [1.54, 1.807) is 35.3 Å². The lowest BCUT2D eigenvalue weighted by Gasteiger charge is -2.42. The number of thiocarbonyl (C=S) groups is 1. The summed E-state index contributed by atoms with van der Waals surface area (Å²) in [6.45, 7) is -0.0293. The fourth-order valence-corrected chi connectivity index (χ4v) is 6.83. The van der Waals surface area contributed by atoms with Crippen LogP contribution < -0.4 is 9.64 Å². The van der Waals surface area contributed by atoms with Gasteiger partial charge in [-0.3, -0.25) is 0 Å². The van der Waals surface area contributed by atoms with Crippen LogP contribution in [0, 0.1) is 0 Å². The first kappa shape index (κ1) is 30.9. The molecule has 1 aliphatic carbocycles. The van der Waals surface area contributed by atoms with E-state index in [0.717, 1.165) is 12.1 Å². The number of ether oxygens (including phenoxy) is 1. The van der Waals surface area contributed by atoms with E-state index in [4.69, 9.17) is 17.0 Å². The van der Waals surface area contributed by atoms with Crippen LogP contribution in [-0.2, 0) is 22.0 Å². The molecule has 0 saturated carbocycles. The molecule has 0 amide bonds. The Morgan fingerprint density at radius 2 is 1.71 bits per heavy atom. The first-order chi connectivity index (χ1) is 19.1. The van der Waals surface area contributed by atoms with Gasteiger partial charge in [0.05, 0.1) is 12.0 Å². The third kappa shape index (κ3) is 5.98. The highest BCUT2D eigenvalue weighted by Crippen LogP contribution is 2.50. The van der Waals surface area contributed by atoms with Crippen molar-refractivity contribution in [2.45, 2.75) is 36.8 Å². The Labute approximate surface area is 237 Å². The Morgan fingerprint density at radius 1 is 1.05 bits per heavy atom. The van der Waals surface area contributed by atoms with Gasteiger partial charge in [0.1, 0.15) is 0 Å². The molecule has 0 bridgehead atoms. The summed E-state index contributed by atoms with van der Waals surface area (Å²) >= 11 is 5.26. The Bertz CT molecular complexity index is 1440. The molecule has 1 atom stereocenters. The van der Waals surface area contributed by atoms with Gasteiger partial charge in [0.25, 0.3) is 5.60 Å². The summed E-state index contributed by atoms with van der Waals surface area (Å²) < 4.78 is 114. The van der Waals surface area contributed by atoms with Crippen molar-refractivity contribution in [3.63, 3.8) is 0 Å². The van der Waals surface area contributed by atoms with Crippen molar-refractivity contribution >= 4 is 32.8 Å². The van der Waals surface area contributed by atoms with Crippen LogP contribution in [0.5, 0.6) is 5.88 Å². The first-order valence-corrected chi connectivity index (χ1v) is 14.1. The lowest BCUT2D eigenvalue weighted by molar-refractivity contribution is -0.376. The number of aliphatic hydroxyl groups is 1. The molecule has 1 aromatic heterocycles. The van der Waals surface area contributed by atoms with Crippen LogP contribution in [0.4, 0.5) is 32.0 Å². The van der Waals surface area contributed by atoms with Crippen molar-refractivity contribution in [3.05, 3.63) is 76.9 Å². The van der Waals surface area contributed by atoms with E-state index < -0.39 is 39.6 Å². The van der Waals surface area contributed by atoms with Crippen LogP contribution >= 0.6 is 12.2 Å². The third-order valence-electron chi connectivity index (χ3n) is 6.90. The summed E-state index contributed by atoms with van der Waals surface area (Å²) in [5.74, 6) is 0.307. The molecule has 1 aromatic carbocycles. The molecule has 0 spiro atoms. The summed E-state index contributed by atoms with van der Waals surface area (Å²) in [4.78, 5) is 6.31. The van der Waals surface area contributed by atoms with Gasteiger partial charge in [-0.25, -0.2) is 13.4 Å². The molecule has 0 radical (unpaired) electrons. The Balaban J connectivity index is 1.69. The van der Waals surface area contributed by atoms with E-state index in [-0.39, 0.29) is 41.5 Å². The van der Waals surface area contributed by atoms with Gasteiger partial charge in [-0.15, -0.1) is 0 Å². The number of rotatable bonds is 7. The van der Waals surface area contributed by atoms with Gasteiger partial charge in [0, 0.05) is 66.4 Å². The van der Waals surface area contributed by atoms with E-state index in [1.165, 1.54) is 17.5 Å². The van der Waals surface area contributed by atoms with Crippen molar-refractivity contribution < 1.29 is 44.6 Å². The number of benzene rings is 1. The van der Waals surface area contributed by atoms with Gasteiger partial charge in [-0.2, -0.15) is 30.6 Å². The molecular weight excluding hydrogens is 596 g/mol. The summed E-state index contributed by atoms with van der Waals surface area (Å²) in [5.41, 5.74) is -5.69. The maximum absolute atomic E-state index is 13.5. The molecule has 1 N–H and O–H groups in total. The molecule has 4 rings (SSSR count). The predicted octanol–water partition coefficient (Wildman–Crippen LogP) is 4.68. The molecule has 2 aromatic rings. The van der Waals surface area contributed by atoms with E-state index in [1.807, 2.05) is 0 Å². The number of piperazine rings is 1. The fraction of sp³-hybridized carbons (Fsp3) is 0.385. The number of methoxy groups -OCH3 is 1. The maximum atomic E-state index is 13.5. The number of alkyl halides is 6. The number of anilines is 1. The fourth-order valence-electron chi connectivity index (χ4n) is 4.76. The Morgan fingerprint density at radius 3 is 2.29 bits per heavy atom. The maximum Gasteiger partial charge on any atom is 0.430 e. The van der Waals surface area contributed by atoms with Gasteiger partial charge in [0.2, 0.25) is 15.9 Å².